The zero-order chi connectivity index (χ0) is 18.6. The van der Waals surface area contributed by atoms with E-state index in [0.717, 1.165) is 49.7 Å². The molecule has 1 heterocycles. The molecule has 1 saturated carbocycles. The molecule has 1 aromatic carbocycles. The molecule has 2 fully saturated rings. The van der Waals surface area contributed by atoms with Crippen LogP contribution in [0.3, 0.4) is 0 Å². The summed E-state index contributed by atoms with van der Waals surface area (Å²) >= 11 is 5.94. The predicted molar refractivity (Wildman–Crippen MR) is 107 cm³/mol. The maximum absolute atomic E-state index is 12.9. The number of nitrogens with zero attached hydrogens (tertiary/aromatic N) is 2. The summed E-state index contributed by atoms with van der Waals surface area (Å²) in [5, 5.41) is 0.736. The summed E-state index contributed by atoms with van der Waals surface area (Å²) in [6.07, 6.45) is 7.10. The van der Waals surface area contributed by atoms with Crippen LogP contribution < -0.4 is 5.73 Å². The van der Waals surface area contributed by atoms with E-state index in [0.29, 0.717) is 0 Å². The van der Waals surface area contributed by atoms with E-state index >= 15 is 0 Å². The molecule has 1 saturated heterocycles. The van der Waals surface area contributed by atoms with Gasteiger partial charge in [-0.05, 0) is 37.0 Å². The first kappa shape index (κ1) is 19.7. The molecule has 26 heavy (non-hydrogen) atoms. The van der Waals surface area contributed by atoms with Crippen LogP contribution in [-0.4, -0.2) is 54.0 Å². The van der Waals surface area contributed by atoms with Gasteiger partial charge in [0.05, 0.1) is 0 Å². The van der Waals surface area contributed by atoms with Gasteiger partial charge >= 0.3 is 0 Å². The fourth-order valence-electron chi connectivity index (χ4n) is 4.63. The lowest BCUT2D eigenvalue weighted by atomic mass is 9.80. The highest BCUT2D eigenvalue weighted by molar-refractivity contribution is 6.30. The average Bonchev–Trinajstić information content (AvgIpc) is 2.69. The van der Waals surface area contributed by atoms with Crippen molar-refractivity contribution in [3.63, 3.8) is 0 Å². The van der Waals surface area contributed by atoms with Crippen LogP contribution in [0.5, 0.6) is 0 Å². The van der Waals surface area contributed by atoms with E-state index in [1.807, 2.05) is 36.1 Å². The van der Waals surface area contributed by atoms with Crippen LogP contribution in [0.1, 0.15) is 44.6 Å². The monoisotopic (exact) mass is 377 g/mol. The van der Waals surface area contributed by atoms with Gasteiger partial charge in [0.15, 0.2) is 0 Å². The van der Waals surface area contributed by atoms with Crippen LogP contribution in [-0.2, 0) is 11.2 Å². The SMILES string of the molecule is C[C@H](Cc1ccc(Cl)cc1)C(=O)N1CCN(C2(CN)CCCCC2)CC1. The van der Waals surface area contributed by atoms with Gasteiger partial charge in [-0.2, -0.15) is 0 Å². The molecule has 1 aliphatic carbocycles. The fraction of sp³-hybridized carbons (Fsp3) is 0.667. The van der Waals surface area contributed by atoms with E-state index < -0.39 is 0 Å². The molecule has 5 heteroatoms. The van der Waals surface area contributed by atoms with Crippen molar-refractivity contribution in [3.8, 4) is 0 Å². The van der Waals surface area contributed by atoms with E-state index in [4.69, 9.17) is 17.3 Å². The van der Waals surface area contributed by atoms with E-state index in [1.54, 1.807) is 0 Å². The summed E-state index contributed by atoms with van der Waals surface area (Å²) in [4.78, 5) is 17.5. The summed E-state index contributed by atoms with van der Waals surface area (Å²) in [7, 11) is 0. The van der Waals surface area contributed by atoms with Gasteiger partial charge in [-0.15, -0.1) is 0 Å². The Labute approximate surface area is 162 Å². The number of benzene rings is 1. The highest BCUT2D eigenvalue weighted by atomic mass is 35.5. The molecular formula is C21H32ClN3O. The molecule has 0 aromatic heterocycles. The van der Waals surface area contributed by atoms with Gasteiger partial charge in [0, 0.05) is 49.2 Å². The smallest absolute Gasteiger partial charge is 0.225 e. The number of amides is 1. The third-order valence-corrected chi connectivity index (χ3v) is 6.56. The molecule has 144 valence electrons. The number of hydrogen-bond acceptors (Lipinski definition) is 3. The molecule has 0 spiro atoms. The number of nitrogens with two attached hydrogens (primary N) is 1. The maximum atomic E-state index is 12.9. The first-order chi connectivity index (χ1) is 12.5. The van der Waals surface area contributed by atoms with Crippen LogP contribution in [0.4, 0.5) is 0 Å². The van der Waals surface area contributed by atoms with E-state index in [-0.39, 0.29) is 17.4 Å². The van der Waals surface area contributed by atoms with E-state index in [2.05, 4.69) is 4.90 Å². The van der Waals surface area contributed by atoms with E-state index in [1.165, 1.54) is 32.1 Å². The van der Waals surface area contributed by atoms with Gasteiger partial charge < -0.3 is 10.6 Å². The molecule has 1 aromatic rings. The molecule has 3 rings (SSSR count). The molecule has 0 bridgehead atoms. The Bertz CT molecular complexity index is 590. The van der Waals surface area contributed by atoms with Crippen molar-refractivity contribution >= 4 is 17.5 Å². The first-order valence-corrected chi connectivity index (χ1v) is 10.4. The molecule has 1 atom stereocenters. The molecule has 2 aliphatic rings. The summed E-state index contributed by atoms with van der Waals surface area (Å²) in [5.41, 5.74) is 7.52. The third-order valence-electron chi connectivity index (χ3n) is 6.30. The Morgan fingerprint density at radius 1 is 1.12 bits per heavy atom. The molecule has 0 radical (unpaired) electrons. The van der Waals surface area contributed by atoms with Crippen molar-refractivity contribution in [1.82, 2.24) is 9.80 Å². The molecule has 0 unspecified atom stereocenters. The second-order valence-corrected chi connectivity index (χ2v) is 8.47. The second kappa shape index (κ2) is 8.73. The fourth-order valence-corrected chi connectivity index (χ4v) is 4.76. The minimum Gasteiger partial charge on any atom is -0.340 e. The van der Waals surface area contributed by atoms with Gasteiger partial charge in [-0.3, -0.25) is 9.69 Å². The van der Waals surface area contributed by atoms with Crippen molar-refractivity contribution in [3.05, 3.63) is 34.9 Å². The van der Waals surface area contributed by atoms with Gasteiger partial charge in [-0.25, -0.2) is 0 Å². The second-order valence-electron chi connectivity index (χ2n) is 8.03. The maximum Gasteiger partial charge on any atom is 0.225 e. The standard InChI is InChI=1S/C21H32ClN3O/c1-17(15-18-5-7-19(22)8-6-18)20(26)24-11-13-25(14-12-24)21(16-23)9-3-2-4-10-21/h5-8,17H,2-4,9-16,23H2,1H3/t17-/m1/s1. The number of piperazine rings is 1. The van der Waals surface area contributed by atoms with E-state index in [9.17, 15) is 4.79 Å². The quantitative estimate of drug-likeness (QED) is 0.856. The zero-order valence-electron chi connectivity index (χ0n) is 15.9. The largest absolute Gasteiger partial charge is 0.340 e. The molecule has 1 amide bonds. The Balaban J connectivity index is 1.53. The lowest BCUT2D eigenvalue weighted by molar-refractivity contribution is -0.138. The van der Waals surface area contributed by atoms with Gasteiger partial charge in [0.1, 0.15) is 0 Å². The van der Waals surface area contributed by atoms with Crippen molar-refractivity contribution < 1.29 is 4.79 Å². The van der Waals surface area contributed by atoms with Crippen molar-refractivity contribution in [1.29, 1.82) is 0 Å². The highest BCUT2D eigenvalue weighted by Crippen LogP contribution is 2.33. The van der Waals surface area contributed by atoms with Gasteiger partial charge in [-0.1, -0.05) is 49.9 Å². The van der Waals surface area contributed by atoms with Gasteiger partial charge in [0.2, 0.25) is 5.91 Å². The van der Waals surface area contributed by atoms with Crippen LogP contribution >= 0.6 is 11.6 Å². The Kier molecular flexibility index (Phi) is 6.60. The molecule has 2 N–H and O–H groups in total. The highest BCUT2D eigenvalue weighted by Gasteiger charge is 2.38. The summed E-state index contributed by atoms with van der Waals surface area (Å²) in [6.45, 7) is 6.34. The van der Waals surface area contributed by atoms with Crippen molar-refractivity contribution in [2.45, 2.75) is 51.0 Å². The Morgan fingerprint density at radius 3 is 2.31 bits per heavy atom. The number of carbonyl (C=O) groups is 1. The number of hydrogen-bond donors (Lipinski definition) is 1. The summed E-state index contributed by atoms with van der Waals surface area (Å²) in [5.74, 6) is 0.269. The topological polar surface area (TPSA) is 49.6 Å². The van der Waals surface area contributed by atoms with Crippen molar-refractivity contribution in [2.75, 3.05) is 32.7 Å². The zero-order valence-corrected chi connectivity index (χ0v) is 16.7. The third kappa shape index (κ3) is 4.41. The Morgan fingerprint density at radius 2 is 1.73 bits per heavy atom. The normalized spacial score (nSPS) is 22.2. The first-order valence-electron chi connectivity index (χ1n) is 10.0. The summed E-state index contributed by atoms with van der Waals surface area (Å²) < 4.78 is 0. The minimum absolute atomic E-state index is 0.000810. The lowest BCUT2D eigenvalue weighted by Crippen LogP contribution is -2.61. The van der Waals surface area contributed by atoms with Gasteiger partial charge in [0.25, 0.3) is 0 Å². The van der Waals surface area contributed by atoms with Crippen LogP contribution in [0.15, 0.2) is 24.3 Å². The van der Waals surface area contributed by atoms with Crippen LogP contribution in [0.2, 0.25) is 5.02 Å². The van der Waals surface area contributed by atoms with Crippen LogP contribution in [0.25, 0.3) is 0 Å². The average molecular weight is 378 g/mol. The molecule has 1 aliphatic heterocycles. The minimum atomic E-state index is 0.000810. The number of carbonyl (C=O) groups excluding carboxylic acids is 1. The lowest BCUT2D eigenvalue weighted by Gasteiger charge is -2.49. The number of rotatable bonds is 5. The number of halogens is 1. The summed E-state index contributed by atoms with van der Waals surface area (Å²) in [6, 6.07) is 7.81. The van der Waals surface area contributed by atoms with Crippen LogP contribution in [0, 0.1) is 5.92 Å². The molecule has 4 nitrogen and oxygen atoms in total. The molecular weight excluding hydrogens is 346 g/mol. The van der Waals surface area contributed by atoms with Crippen molar-refractivity contribution in [2.24, 2.45) is 11.7 Å². The Hall–Kier alpha value is -1.10. The predicted octanol–water partition coefficient (Wildman–Crippen LogP) is 3.32.